The van der Waals surface area contributed by atoms with Crippen LogP contribution < -0.4 is 4.74 Å². The highest BCUT2D eigenvalue weighted by atomic mass is 127. The van der Waals surface area contributed by atoms with Crippen LogP contribution >= 0.6 is 22.6 Å². The third-order valence-corrected chi connectivity index (χ3v) is 6.82. The molecule has 4 aliphatic carbocycles. The second-order valence-corrected chi connectivity index (χ2v) is 8.66. The predicted molar refractivity (Wildman–Crippen MR) is 95.6 cm³/mol. The Balaban J connectivity index is 1.60. The van der Waals surface area contributed by atoms with Gasteiger partial charge in [0.1, 0.15) is 5.75 Å². The standard InChI is InChI=1S/C19H23IO/c1-21-17-4-2-16(3-5-17)18(20)12-19-9-13-6-14(10-19)8-15(7-13)11-19/h2-5,12-15H,6-11H2,1H3. The van der Waals surface area contributed by atoms with Crippen LogP contribution in [0.25, 0.3) is 3.58 Å². The molecule has 0 saturated heterocycles. The quantitative estimate of drug-likeness (QED) is 0.599. The van der Waals surface area contributed by atoms with Crippen molar-refractivity contribution in [2.75, 3.05) is 7.11 Å². The Bertz CT molecular complexity index is 522. The maximum Gasteiger partial charge on any atom is 0.118 e. The summed E-state index contributed by atoms with van der Waals surface area (Å²) >= 11 is 2.54. The Morgan fingerprint density at radius 1 is 1.05 bits per heavy atom. The Kier molecular flexibility index (Phi) is 3.55. The molecule has 0 spiro atoms. The summed E-state index contributed by atoms with van der Waals surface area (Å²) in [5.41, 5.74) is 1.86. The molecule has 4 aliphatic rings. The smallest absolute Gasteiger partial charge is 0.118 e. The van der Waals surface area contributed by atoms with E-state index in [4.69, 9.17) is 4.74 Å². The molecule has 21 heavy (non-hydrogen) atoms. The summed E-state index contributed by atoms with van der Waals surface area (Å²) in [6.45, 7) is 0. The first kappa shape index (κ1) is 14.1. The lowest BCUT2D eigenvalue weighted by Crippen LogP contribution is -2.45. The number of allylic oxidation sites excluding steroid dienone is 1. The third-order valence-electron chi connectivity index (χ3n) is 5.88. The molecule has 1 aromatic carbocycles. The van der Waals surface area contributed by atoms with Crippen LogP contribution in [0.15, 0.2) is 30.3 Å². The molecule has 0 amide bonds. The van der Waals surface area contributed by atoms with Gasteiger partial charge in [0, 0.05) is 3.58 Å². The number of methoxy groups -OCH3 is 1. The van der Waals surface area contributed by atoms with E-state index >= 15 is 0 Å². The lowest BCUT2D eigenvalue weighted by molar-refractivity contribution is -0.0233. The predicted octanol–water partition coefficient (Wildman–Crippen LogP) is 5.69. The molecule has 4 fully saturated rings. The van der Waals surface area contributed by atoms with Crippen LogP contribution in [-0.4, -0.2) is 7.11 Å². The summed E-state index contributed by atoms with van der Waals surface area (Å²) in [5, 5.41) is 0. The van der Waals surface area contributed by atoms with Crippen molar-refractivity contribution in [1.29, 1.82) is 0 Å². The van der Waals surface area contributed by atoms with Gasteiger partial charge in [0.25, 0.3) is 0 Å². The maximum atomic E-state index is 5.26. The van der Waals surface area contributed by atoms with Crippen molar-refractivity contribution in [3.8, 4) is 5.75 Å². The molecule has 0 N–H and O–H groups in total. The van der Waals surface area contributed by atoms with Crippen molar-refractivity contribution in [2.24, 2.45) is 23.2 Å². The minimum absolute atomic E-state index is 0.519. The van der Waals surface area contributed by atoms with E-state index < -0.39 is 0 Å². The third kappa shape index (κ3) is 2.64. The molecule has 0 aromatic heterocycles. The van der Waals surface area contributed by atoms with E-state index in [1.54, 1.807) is 7.11 Å². The average Bonchev–Trinajstić information content (AvgIpc) is 2.45. The van der Waals surface area contributed by atoms with Crippen molar-refractivity contribution < 1.29 is 4.74 Å². The van der Waals surface area contributed by atoms with Crippen LogP contribution in [-0.2, 0) is 0 Å². The van der Waals surface area contributed by atoms with Crippen molar-refractivity contribution >= 4 is 26.2 Å². The molecular formula is C19H23IO. The molecule has 5 rings (SSSR count). The Labute approximate surface area is 141 Å². The van der Waals surface area contributed by atoms with E-state index in [0.717, 1.165) is 23.5 Å². The normalized spacial score (nSPS) is 37.8. The van der Waals surface area contributed by atoms with E-state index in [-0.39, 0.29) is 0 Å². The van der Waals surface area contributed by atoms with Crippen molar-refractivity contribution in [1.82, 2.24) is 0 Å². The second-order valence-electron chi connectivity index (χ2n) is 7.50. The summed E-state index contributed by atoms with van der Waals surface area (Å²) < 4.78 is 6.69. The minimum Gasteiger partial charge on any atom is -0.497 e. The molecule has 0 heterocycles. The van der Waals surface area contributed by atoms with Gasteiger partial charge in [0.2, 0.25) is 0 Å². The molecule has 0 atom stereocenters. The van der Waals surface area contributed by atoms with E-state index in [2.05, 4.69) is 52.9 Å². The van der Waals surface area contributed by atoms with Crippen molar-refractivity contribution in [3.63, 3.8) is 0 Å². The summed E-state index contributed by atoms with van der Waals surface area (Å²) in [6, 6.07) is 8.53. The molecular weight excluding hydrogens is 371 g/mol. The molecule has 4 bridgehead atoms. The number of hydrogen-bond donors (Lipinski definition) is 0. The molecule has 0 unspecified atom stereocenters. The van der Waals surface area contributed by atoms with Crippen molar-refractivity contribution in [3.05, 3.63) is 35.9 Å². The molecule has 1 nitrogen and oxygen atoms in total. The number of rotatable bonds is 3. The van der Waals surface area contributed by atoms with E-state index in [1.165, 1.54) is 47.7 Å². The molecule has 4 saturated carbocycles. The molecule has 0 radical (unpaired) electrons. The summed E-state index contributed by atoms with van der Waals surface area (Å²) in [7, 11) is 1.73. The van der Waals surface area contributed by atoms with E-state index in [0.29, 0.717) is 5.41 Å². The maximum absolute atomic E-state index is 5.26. The zero-order chi connectivity index (χ0) is 14.4. The van der Waals surface area contributed by atoms with Gasteiger partial charge in [0.15, 0.2) is 0 Å². The number of ether oxygens (including phenoxy) is 1. The molecule has 1 aromatic rings. The van der Waals surface area contributed by atoms with Crippen LogP contribution in [0, 0.1) is 23.2 Å². The molecule has 0 aliphatic heterocycles. The monoisotopic (exact) mass is 394 g/mol. The van der Waals surface area contributed by atoms with Gasteiger partial charge >= 0.3 is 0 Å². The Morgan fingerprint density at radius 3 is 2.05 bits per heavy atom. The number of halogens is 1. The summed E-state index contributed by atoms with van der Waals surface area (Å²) in [5.74, 6) is 4.01. The fourth-order valence-corrected chi connectivity index (χ4v) is 6.48. The zero-order valence-corrected chi connectivity index (χ0v) is 14.8. The highest BCUT2D eigenvalue weighted by Gasteiger charge is 2.49. The van der Waals surface area contributed by atoms with E-state index in [9.17, 15) is 0 Å². The number of benzene rings is 1. The Morgan fingerprint density at radius 2 is 1.57 bits per heavy atom. The highest BCUT2D eigenvalue weighted by Crippen LogP contribution is 2.61. The van der Waals surface area contributed by atoms with Gasteiger partial charge in [-0.25, -0.2) is 0 Å². The fraction of sp³-hybridized carbons (Fsp3) is 0.579. The lowest BCUT2D eigenvalue weighted by Gasteiger charge is -2.56. The first-order chi connectivity index (χ1) is 10.2. The van der Waals surface area contributed by atoms with Crippen LogP contribution in [0.4, 0.5) is 0 Å². The van der Waals surface area contributed by atoms with Gasteiger partial charge < -0.3 is 4.74 Å². The first-order valence-electron chi connectivity index (χ1n) is 8.18. The van der Waals surface area contributed by atoms with Gasteiger partial charge in [-0.1, -0.05) is 18.2 Å². The topological polar surface area (TPSA) is 9.23 Å². The van der Waals surface area contributed by atoms with Crippen LogP contribution in [0.1, 0.15) is 44.1 Å². The summed E-state index contributed by atoms with van der Waals surface area (Å²) in [4.78, 5) is 0. The zero-order valence-electron chi connectivity index (χ0n) is 12.6. The average molecular weight is 394 g/mol. The van der Waals surface area contributed by atoms with Crippen LogP contribution in [0.3, 0.4) is 0 Å². The summed E-state index contributed by atoms with van der Waals surface area (Å²) in [6.07, 6.45) is 11.5. The molecule has 2 heteroatoms. The minimum atomic E-state index is 0.519. The van der Waals surface area contributed by atoms with Gasteiger partial charge in [-0.3, -0.25) is 0 Å². The van der Waals surface area contributed by atoms with E-state index in [1.807, 2.05) is 0 Å². The first-order valence-corrected chi connectivity index (χ1v) is 9.26. The highest BCUT2D eigenvalue weighted by molar-refractivity contribution is 14.1. The SMILES string of the molecule is COc1ccc(C(I)=CC23CC4CC(CC(C4)C2)C3)cc1. The molecule has 112 valence electrons. The van der Waals surface area contributed by atoms with Gasteiger partial charge in [-0.2, -0.15) is 0 Å². The van der Waals surface area contributed by atoms with Gasteiger partial charge in [0.05, 0.1) is 7.11 Å². The van der Waals surface area contributed by atoms with Crippen LogP contribution in [0.5, 0.6) is 5.75 Å². The Hall–Kier alpha value is -0.510. The largest absolute Gasteiger partial charge is 0.497 e. The van der Waals surface area contributed by atoms with Crippen molar-refractivity contribution in [2.45, 2.75) is 38.5 Å². The number of hydrogen-bond acceptors (Lipinski definition) is 1. The van der Waals surface area contributed by atoms with Gasteiger partial charge in [-0.15, -0.1) is 0 Å². The lowest BCUT2D eigenvalue weighted by atomic mass is 9.49. The van der Waals surface area contributed by atoms with Crippen LogP contribution in [0.2, 0.25) is 0 Å². The second kappa shape index (κ2) is 5.29. The van der Waals surface area contributed by atoms with Gasteiger partial charge in [-0.05, 0) is 102 Å². The fourth-order valence-electron chi connectivity index (χ4n) is 5.46.